The number of hydrogen-bond donors (Lipinski definition) is 1. The molecule has 0 unspecified atom stereocenters. The number of benzene rings is 2. The van der Waals surface area contributed by atoms with E-state index in [4.69, 9.17) is 21.1 Å². The first kappa shape index (κ1) is 18.1. The molecule has 24 heavy (non-hydrogen) atoms. The lowest BCUT2D eigenvalue weighted by Gasteiger charge is -2.15. The van der Waals surface area contributed by atoms with E-state index in [1.807, 2.05) is 18.2 Å². The van der Waals surface area contributed by atoms with Crippen LogP contribution in [0.4, 0.5) is 0 Å². The molecular formula is C19H22ClNO3. The van der Waals surface area contributed by atoms with E-state index in [9.17, 15) is 4.79 Å². The van der Waals surface area contributed by atoms with Gasteiger partial charge in [-0.2, -0.15) is 0 Å². The van der Waals surface area contributed by atoms with Crippen molar-refractivity contribution in [3.8, 4) is 11.5 Å². The standard InChI is InChI=1S/C19H22ClNO3/c1-14(24-18-10-4-8-16(20)13-18)19(22)21-11-5-7-15-6-3-9-17(12-15)23-2/h3-4,6,8-10,12-14H,5,7,11H2,1-2H3,(H,21,22)/t14-/m1/s1. The third kappa shape index (κ3) is 5.78. The summed E-state index contributed by atoms with van der Waals surface area (Å²) in [5.74, 6) is 1.29. The van der Waals surface area contributed by atoms with Crippen LogP contribution in [0.3, 0.4) is 0 Å². The number of aryl methyl sites for hydroxylation is 1. The van der Waals surface area contributed by atoms with E-state index in [0.717, 1.165) is 18.6 Å². The normalized spacial score (nSPS) is 11.6. The summed E-state index contributed by atoms with van der Waals surface area (Å²) in [6.07, 6.45) is 1.16. The van der Waals surface area contributed by atoms with Crippen molar-refractivity contribution in [3.05, 3.63) is 59.1 Å². The van der Waals surface area contributed by atoms with Gasteiger partial charge in [-0.1, -0.05) is 29.8 Å². The molecule has 0 saturated carbocycles. The van der Waals surface area contributed by atoms with Gasteiger partial charge >= 0.3 is 0 Å². The number of methoxy groups -OCH3 is 1. The predicted molar refractivity (Wildman–Crippen MR) is 95.9 cm³/mol. The van der Waals surface area contributed by atoms with Gasteiger partial charge in [-0.15, -0.1) is 0 Å². The average Bonchev–Trinajstić information content (AvgIpc) is 2.58. The van der Waals surface area contributed by atoms with Gasteiger partial charge < -0.3 is 14.8 Å². The molecule has 0 aliphatic heterocycles. The van der Waals surface area contributed by atoms with Crippen LogP contribution < -0.4 is 14.8 Å². The predicted octanol–water partition coefficient (Wildman–Crippen LogP) is 3.86. The summed E-state index contributed by atoms with van der Waals surface area (Å²) in [5, 5.41) is 3.47. The Morgan fingerprint density at radius 1 is 1.17 bits per heavy atom. The highest BCUT2D eigenvalue weighted by Gasteiger charge is 2.14. The molecule has 0 aromatic heterocycles. The summed E-state index contributed by atoms with van der Waals surface area (Å²) >= 11 is 5.90. The fraction of sp³-hybridized carbons (Fsp3) is 0.316. The maximum Gasteiger partial charge on any atom is 0.260 e. The Labute approximate surface area is 147 Å². The molecule has 2 aromatic rings. The number of nitrogens with one attached hydrogen (secondary N) is 1. The second-order valence-electron chi connectivity index (χ2n) is 5.46. The summed E-state index contributed by atoms with van der Waals surface area (Å²) in [4.78, 5) is 12.1. The number of ether oxygens (including phenoxy) is 2. The minimum atomic E-state index is -0.569. The van der Waals surface area contributed by atoms with Crippen molar-refractivity contribution in [3.63, 3.8) is 0 Å². The molecule has 1 amide bonds. The van der Waals surface area contributed by atoms with Gasteiger partial charge in [-0.25, -0.2) is 0 Å². The highest BCUT2D eigenvalue weighted by molar-refractivity contribution is 6.30. The quantitative estimate of drug-likeness (QED) is 0.737. The molecule has 128 valence electrons. The lowest BCUT2D eigenvalue weighted by atomic mass is 10.1. The minimum absolute atomic E-state index is 0.138. The number of amides is 1. The van der Waals surface area contributed by atoms with Crippen LogP contribution in [0.25, 0.3) is 0 Å². The van der Waals surface area contributed by atoms with E-state index in [2.05, 4.69) is 11.4 Å². The van der Waals surface area contributed by atoms with Gasteiger partial charge in [0, 0.05) is 11.6 Å². The molecule has 0 fully saturated rings. The summed E-state index contributed by atoms with van der Waals surface area (Å²) in [7, 11) is 1.65. The number of carbonyl (C=O) groups is 1. The van der Waals surface area contributed by atoms with Crippen molar-refractivity contribution < 1.29 is 14.3 Å². The van der Waals surface area contributed by atoms with Crippen LogP contribution in [0, 0.1) is 0 Å². The fourth-order valence-corrected chi connectivity index (χ4v) is 2.45. The Balaban J connectivity index is 1.72. The van der Waals surface area contributed by atoms with Crippen LogP contribution >= 0.6 is 11.6 Å². The minimum Gasteiger partial charge on any atom is -0.497 e. The van der Waals surface area contributed by atoms with Crippen molar-refractivity contribution >= 4 is 17.5 Å². The van der Waals surface area contributed by atoms with Gasteiger partial charge in [0.15, 0.2) is 6.10 Å². The molecule has 0 radical (unpaired) electrons. The van der Waals surface area contributed by atoms with Crippen LogP contribution in [0.5, 0.6) is 11.5 Å². The van der Waals surface area contributed by atoms with E-state index in [1.54, 1.807) is 38.3 Å². The smallest absolute Gasteiger partial charge is 0.260 e. The van der Waals surface area contributed by atoms with Crippen LogP contribution in [0.2, 0.25) is 5.02 Å². The van der Waals surface area contributed by atoms with Crippen LogP contribution in [0.15, 0.2) is 48.5 Å². The molecule has 0 aliphatic carbocycles. The highest BCUT2D eigenvalue weighted by atomic mass is 35.5. The maximum absolute atomic E-state index is 12.1. The lowest BCUT2D eigenvalue weighted by molar-refractivity contribution is -0.127. The number of hydrogen-bond acceptors (Lipinski definition) is 3. The first-order chi connectivity index (χ1) is 11.6. The van der Waals surface area contributed by atoms with Gasteiger partial charge in [0.1, 0.15) is 11.5 Å². The Hall–Kier alpha value is -2.20. The van der Waals surface area contributed by atoms with E-state index >= 15 is 0 Å². The molecule has 2 rings (SSSR count). The van der Waals surface area contributed by atoms with Crippen molar-refractivity contribution in [2.45, 2.75) is 25.9 Å². The summed E-state index contributed by atoms with van der Waals surface area (Å²) in [5.41, 5.74) is 1.19. The average molecular weight is 348 g/mol. The first-order valence-corrected chi connectivity index (χ1v) is 8.29. The molecule has 0 aliphatic rings. The molecule has 1 N–H and O–H groups in total. The van der Waals surface area contributed by atoms with Crippen molar-refractivity contribution in [1.82, 2.24) is 5.32 Å². The third-order valence-corrected chi connectivity index (χ3v) is 3.79. The zero-order chi connectivity index (χ0) is 17.4. The molecule has 2 aromatic carbocycles. The van der Waals surface area contributed by atoms with Gasteiger partial charge in [0.25, 0.3) is 5.91 Å². The number of carbonyl (C=O) groups excluding carboxylic acids is 1. The van der Waals surface area contributed by atoms with Crippen molar-refractivity contribution in [1.29, 1.82) is 0 Å². The molecule has 0 spiro atoms. The summed E-state index contributed by atoms with van der Waals surface area (Å²) in [6, 6.07) is 15.0. The van der Waals surface area contributed by atoms with E-state index in [-0.39, 0.29) is 5.91 Å². The van der Waals surface area contributed by atoms with E-state index in [0.29, 0.717) is 17.3 Å². The van der Waals surface area contributed by atoms with Gasteiger partial charge in [0.05, 0.1) is 7.11 Å². The van der Waals surface area contributed by atoms with Gasteiger partial charge in [-0.05, 0) is 55.7 Å². The Morgan fingerprint density at radius 3 is 2.67 bits per heavy atom. The second-order valence-corrected chi connectivity index (χ2v) is 5.90. The molecule has 5 heteroatoms. The van der Waals surface area contributed by atoms with Gasteiger partial charge in [0.2, 0.25) is 0 Å². The summed E-state index contributed by atoms with van der Waals surface area (Å²) < 4.78 is 10.8. The topological polar surface area (TPSA) is 47.6 Å². The highest BCUT2D eigenvalue weighted by Crippen LogP contribution is 2.18. The molecular weight excluding hydrogens is 326 g/mol. The Bertz CT molecular complexity index is 675. The zero-order valence-electron chi connectivity index (χ0n) is 13.9. The first-order valence-electron chi connectivity index (χ1n) is 7.91. The van der Waals surface area contributed by atoms with Crippen molar-refractivity contribution in [2.75, 3.05) is 13.7 Å². The van der Waals surface area contributed by atoms with E-state index < -0.39 is 6.10 Å². The number of halogens is 1. The monoisotopic (exact) mass is 347 g/mol. The molecule has 4 nitrogen and oxygen atoms in total. The van der Waals surface area contributed by atoms with Gasteiger partial charge in [-0.3, -0.25) is 4.79 Å². The van der Waals surface area contributed by atoms with Crippen LogP contribution in [0.1, 0.15) is 18.9 Å². The zero-order valence-corrected chi connectivity index (χ0v) is 14.7. The molecule has 0 bridgehead atoms. The molecule has 0 heterocycles. The maximum atomic E-state index is 12.1. The molecule has 1 atom stereocenters. The van der Waals surface area contributed by atoms with Crippen molar-refractivity contribution in [2.24, 2.45) is 0 Å². The fourth-order valence-electron chi connectivity index (χ4n) is 2.27. The number of rotatable bonds is 8. The SMILES string of the molecule is COc1cccc(CCCNC(=O)[C@@H](C)Oc2cccc(Cl)c2)c1. The Kier molecular flexibility index (Phi) is 6.94. The molecule has 0 saturated heterocycles. The van der Waals surface area contributed by atoms with E-state index in [1.165, 1.54) is 5.56 Å². The second kappa shape index (κ2) is 9.18. The third-order valence-electron chi connectivity index (χ3n) is 3.55. The van der Waals surface area contributed by atoms with Crippen LogP contribution in [-0.4, -0.2) is 25.7 Å². The van der Waals surface area contributed by atoms with Crippen LogP contribution in [-0.2, 0) is 11.2 Å². The largest absolute Gasteiger partial charge is 0.497 e. The lowest BCUT2D eigenvalue weighted by Crippen LogP contribution is -2.36. The Morgan fingerprint density at radius 2 is 1.92 bits per heavy atom. The summed E-state index contributed by atoms with van der Waals surface area (Å²) in [6.45, 7) is 2.32.